The fourth-order valence-electron chi connectivity index (χ4n) is 4.06. The molecule has 3 aromatic rings. The summed E-state index contributed by atoms with van der Waals surface area (Å²) in [4.78, 5) is 30.7. The molecule has 0 saturated carbocycles. The van der Waals surface area contributed by atoms with E-state index in [1.807, 2.05) is 32.3 Å². The molecule has 156 valence electrons. The van der Waals surface area contributed by atoms with Gasteiger partial charge in [-0.2, -0.15) is 0 Å². The third-order valence-corrected chi connectivity index (χ3v) is 6.13. The van der Waals surface area contributed by atoms with E-state index < -0.39 is 6.04 Å². The number of carbonyl (C=O) groups excluding carboxylic acids is 1. The Hall–Kier alpha value is -2.44. The Labute approximate surface area is 184 Å². The van der Waals surface area contributed by atoms with Crippen molar-refractivity contribution in [3.05, 3.63) is 79.6 Å². The van der Waals surface area contributed by atoms with E-state index in [0.717, 1.165) is 29.4 Å². The van der Waals surface area contributed by atoms with Crippen molar-refractivity contribution in [2.75, 3.05) is 27.2 Å². The smallest absolute Gasteiger partial charge is 0.290 e. The summed E-state index contributed by atoms with van der Waals surface area (Å²) in [6.07, 6.45) is 1.75. The van der Waals surface area contributed by atoms with Gasteiger partial charge in [0.1, 0.15) is 5.58 Å². The molecular formula is C24H25BrN2O3. The lowest BCUT2D eigenvalue weighted by Gasteiger charge is -2.26. The number of rotatable bonds is 6. The summed E-state index contributed by atoms with van der Waals surface area (Å²) in [5.41, 5.74) is 2.90. The van der Waals surface area contributed by atoms with E-state index in [2.05, 4.69) is 39.9 Å². The molecule has 5 nitrogen and oxygen atoms in total. The predicted octanol–water partition coefficient (Wildman–Crippen LogP) is 4.61. The van der Waals surface area contributed by atoms with E-state index in [-0.39, 0.29) is 17.1 Å². The van der Waals surface area contributed by atoms with Crippen molar-refractivity contribution < 1.29 is 9.21 Å². The zero-order chi connectivity index (χ0) is 21.4. The maximum absolute atomic E-state index is 13.5. The Bertz CT molecular complexity index is 1150. The van der Waals surface area contributed by atoms with Gasteiger partial charge in [-0.25, -0.2) is 0 Å². The van der Waals surface area contributed by atoms with Crippen LogP contribution in [-0.4, -0.2) is 42.9 Å². The summed E-state index contributed by atoms with van der Waals surface area (Å²) in [7, 11) is 4.02. The highest BCUT2D eigenvalue weighted by Gasteiger charge is 2.42. The van der Waals surface area contributed by atoms with E-state index in [1.54, 1.807) is 17.0 Å². The second-order valence-corrected chi connectivity index (χ2v) is 8.88. The average molecular weight is 469 g/mol. The van der Waals surface area contributed by atoms with Gasteiger partial charge in [0.25, 0.3) is 5.91 Å². The second-order valence-electron chi connectivity index (χ2n) is 7.97. The molecule has 1 atom stereocenters. The quantitative estimate of drug-likeness (QED) is 0.529. The Morgan fingerprint density at radius 2 is 1.83 bits per heavy atom. The number of fused-ring (bicyclic) bond motifs is 2. The highest BCUT2D eigenvalue weighted by atomic mass is 79.9. The maximum Gasteiger partial charge on any atom is 0.290 e. The summed E-state index contributed by atoms with van der Waals surface area (Å²) in [5, 5.41) is 0.487. The van der Waals surface area contributed by atoms with Crippen LogP contribution in [0.1, 0.15) is 46.6 Å². The van der Waals surface area contributed by atoms with Crippen LogP contribution in [0.2, 0.25) is 0 Å². The molecule has 4 rings (SSSR count). The standard InChI is InChI=1S/C24H25BrN2O3/c1-4-15-6-8-16(9-7-15)21-20-22(28)18-14-17(25)10-11-19(18)30-23(20)24(29)27(21)13-5-12-26(2)3/h6-11,14,21H,4-5,12-13H2,1-3H3. The van der Waals surface area contributed by atoms with Gasteiger partial charge in [0.2, 0.25) is 5.76 Å². The van der Waals surface area contributed by atoms with Crippen LogP contribution in [0.3, 0.4) is 0 Å². The van der Waals surface area contributed by atoms with Gasteiger partial charge in [0, 0.05) is 11.0 Å². The first-order valence-electron chi connectivity index (χ1n) is 10.2. The van der Waals surface area contributed by atoms with E-state index in [1.165, 1.54) is 5.56 Å². The number of aryl methyl sites for hydroxylation is 1. The van der Waals surface area contributed by atoms with Crippen molar-refractivity contribution in [1.82, 2.24) is 9.80 Å². The molecule has 0 saturated heterocycles. The molecule has 0 spiro atoms. The fourth-order valence-corrected chi connectivity index (χ4v) is 4.42. The summed E-state index contributed by atoms with van der Waals surface area (Å²) < 4.78 is 6.79. The van der Waals surface area contributed by atoms with Gasteiger partial charge in [0.05, 0.1) is 17.0 Å². The van der Waals surface area contributed by atoms with Crippen molar-refractivity contribution >= 4 is 32.8 Å². The zero-order valence-corrected chi connectivity index (χ0v) is 19.0. The van der Waals surface area contributed by atoms with Crippen molar-refractivity contribution in [2.24, 2.45) is 0 Å². The number of halogens is 1. The van der Waals surface area contributed by atoms with Crippen LogP contribution in [0.4, 0.5) is 0 Å². The summed E-state index contributed by atoms with van der Waals surface area (Å²) >= 11 is 3.43. The maximum atomic E-state index is 13.5. The largest absolute Gasteiger partial charge is 0.450 e. The van der Waals surface area contributed by atoms with Gasteiger partial charge < -0.3 is 14.2 Å². The van der Waals surface area contributed by atoms with Gasteiger partial charge in [-0.1, -0.05) is 47.1 Å². The van der Waals surface area contributed by atoms with Gasteiger partial charge in [0.15, 0.2) is 5.43 Å². The first-order chi connectivity index (χ1) is 14.4. The van der Waals surface area contributed by atoms with Crippen LogP contribution in [0, 0.1) is 0 Å². The van der Waals surface area contributed by atoms with Crippen molar-refractivity contribution in [3.8, 4) is 0 Å². The molecule has 0 N–H and O–H groups in total. The molecule has 1 aliphatic heterocycles. The Morgan fingerprint density at radius 3 is 2.50 bits per heavy atom. The highest BCUT2D eigenvalue weighted by molar-refractivity contribution is 9.10. The van der Waals surface area contributed by atoms with Crippen LogP contribution in [0.15, 0.2) is 56.1 Å². The van der Waals surface area contributed by atoms with E-state index >= 15 is 0 Å². The van der Waals surface area contributed by atoms with Crippen molar-refractivity contribution in [2.45, 2.75) is 25.8 Å². The number of nitrogens with zero attached hydrogens (tertiary/aromatic N) is 2. The minimum absolute atomic E-state index is 0.138. The Morgan fingerprint density at radius 1 is 1.10 bits per heavy atom. The first-order valence-corrected chi connectivity index (χ1v) is 11.0. The molecule has 1 unspecified atom stereocenters. The third-order valence-electron chi connectivity index (χ3n) is 5.64. The van der Waals surface area contributed by atoms with Crippen LogP contribution >= 0.6 is 15.9 Å². The lowest BCUT2D eigenvalue weighted by molar-refractivity contribution is 0.0722. The third kappa shape index (κ3) is 3.70. The second kappa shape index (κ2) is 8.36. The van der Waals surface area contributed by atoms with E-state index in [9.17, 15) is 9.59 Å². The minimum atomic E-state index is -0.430. The molecule has 6 heteroatoms. The predicted molar refractivity (Wildman–Crippen MR) is 122 cm³/mol. The number of benzene rings is 2. The van der Waals surface area contributed by atoms with Crippen LogP contribution in [0.25, 0.3) is 11.0 Å². The molecule has 2 aromatic carbocycles. The molecule has 0 radical (unpaired) electrons. The summed E-state index contributed by atoms with van der Waals surface area (Å²) in [6, 6.07) is 13.0. The van der Waals surface area contributed by atoms with Crippen LogP contribution < -0.4 is 5.43 Å². The normalized spacial score (nSPS) is 16.0. The lowest BCUT2D eigenvalue weighted by atomic mass is 9.97. The number of amides is 1. The van der Waals surface area contributed by atoms with Crippen LogP contribution in [-0.2, 0) is 6.42 Å². The molecule has 0 bridgehead atoms. The highest BCUT2D eigenvalue weighted by Crippen LogP contribution is 2.38. The van der Waals surface area contributed by atoms with Crippen LogP contribution in [0.5, 0.6) is 0 Å². The molecule has 1 amide bonds. The summed E-state index contributed by atoms with van der Waals surface area (Å²) in [6.45, 7) is 3.52. The van der Waals surface area contributed by atoms with Gasteiger partial charge in [-0.3, -0.25) is 9.59 Å². The number of hydrogen-bond donors (Lipinski definition) is 0. The average Bonchev–Trinajstić information content (AvgIpc) is 3.01. The molecule has 1 aromatic heterocycles. The molecule has 30 heavy (non-hydrogen) atoms. The van der Waals surface area contributed by atoms with E-state index in [4.69, 9.17) is 4.42 Å². The van der Waals surface area contributed by atoms with E-state index in [0.29, 0.717) is 23.1 Å². The van der Waals surface area contributed by atoms with Gasteiger partial charge in [-0.05, 0) is 62.8 Å². The molecule has 1 aliphatic rings. The molecule has 0 fully saturated rings. The minimum Gasteiger partial charge on any atom is -0.450 e. The first kappa shape index (κ1) is 20.8. The molecular weight excluding hydrogens is 444 g/mol. The molecule has 2 heterocycles. The SMILES string of the molecule is CCc1ccc(C2c3c(oc4ccc(Br)cc4c3=O)C(=O)N2CCCN(C)C)cc1. The monoisotopic (exact) mass is 468 g/mol. The van der Waals surface area contributed by atoms with Crippen molar-refractivity contribution in [1.29, 1.82) is 0 Å². The van der Waals surface area contributed by atoms with Gasteiger partial charge in [-0.15, -0.1) is 0 Å². The molecule has 0 aliphatic carbocycles. The summed E-state index contributed by atoms with van der Waals surface area (Å²) in [5.74, 6) is -0.0421. The Balaban J connectivity index is 1.86. The fraction of sp³-hybridized carbons (Fsp3) is 0.333. The van der Waals surface area contributed by atoms with Crippen molar-refractivity contribution in [3.63, 3.8) is 0 Å². The number of carbonyl (C=O) groups is 1. The Kier molecular flexibility index (Phi) is 5.80. The topological polar surface area (TPSA) is 53.8 Å². The zero-order valence-electron chi connectivity index (χ0n) is 17.4. The number of hydrogen-bond acceptors (Lipinski definition) is 4. The lowest BCUT2D eigenvalue weighted by Crippen LogP contribution is -2.32. The van der Waals surface area contributed by atoms with Gasteiger partial charge >= 0.3 is 0 Å².